The molecule has 2 heteroatoms. The molecule has 0 fully saturated rings. The molecule has 3 N–H and O–H groups in total. The molecule has 0 bridgehead atoms. The maximum Gasteiger partial charge on any atom is 0.0434 e. The lowest BCUT2D eigenvalue weighted by molar-refractivity contribution is 0.190. The van der Waals surface area contributed by atoms with Gasteiger partial charge in [0.1, 0.15) is 0 Å². The molecule has 0 saturated carbocycles. The predicted octanol–water partition coefficient (Wildman–Crippen LogP) is 8.88. The smallest absolute Gasteiger partial charge is 0.0434 e. The molecule has 1 unspecified atom stereocenters. The summed E-state index contributed by atoms with van der Waals surface area (Å²) in [4.78, 5) is 0. The van der Waals surface area contributed by atoms with Gasteiger partial charge in [0.25, 0.3) is 0 Å². The summed E-state index contributed by atoms with van der Waals surface area (Å²) in [5, 5.41) is 7.90. The molecule has 1 rings (SSSR count). The Morgan fingerprint density at radius 2 is 1.25 bits per heavy atom. The molecule has 1 aromatic rings. The summed E-state index contributed by atoms with van der Waals surface area (Å²) in [7, 11) is 0. The number of nitrogens with one attached hydrogen (secondary N) is 1. The Morgan fingerprint density at radius 3 is 1.57 bits per heavy atom. The molecule has 0 heterocycles. The van der Waals surface area contributed by atoms with Crippen LogP contribution in [-0.4, -0.2) is 5.71 Å². The largest absolute Gasteiger partial charge is 0.398 e. The lowest BCUT2D eigenvalue weighted by Crippen LogP contribution is -2.20. The minimum Gasteiger partial charge on any atom is -0.398 e. The minimum atomic E-state index is 0.282. The van der Waals surface area contributed by atoms with Crippen molar-refractivity contribution in [3.05, 3.63) is 29.8 Å². The van der Waals surface area contributed by atoms with E-state index in [1.54, 1.807) is 0 Å². The molecule has 28 heavy (non-hydrogen) atoms. The van der Waals surface area contributed by atoms with Gasteiger partial charge in [-0.2, -0.15) is 0 Å². The van der Waals surface area contributed by atoms with Gasteiger partial charge in [-0.05, 0) is 49.5 Å². The Kier molecular flexibility index (Phi) is 18.3. The first-order valence-electron chi connectivity index (χ1n) is 11.8. The van der Waals surface area contributed by atoms with Gasteiger partial charge in [0.15, 0.2) is 0 Å². The summed E-state index contributed by atoms with van der Waals surface area (Å²) in [5.74, 6) is 0.282. The van der Waals surface area contributed by atoms with Crippen LogP contribution in [0.25, 0.3) is 0 Å². The number of rotatable bonds is 11. The van der Waals surface area contributed by atoms with Crippen LogP contribution in [0.1, 0.15) is 119 Å². The Bertz CT molecular complexity index is 463. The topological polar surface area (TPSA) is 49.9 Å². The van der Waals surface area contributed by atoms with Crippen molar-refractivity contribution in [2.24, 2.45) is 11.3 Å². The Labute approximate surface area is 177 Å². The zero-order valence-corrected chi connectivity index (χ0v) is 20.3. The van der Waals surface area contributed by atoms with Gasteiger partial charge < -0.3 is 11.1 Å². The van der Waals surface area contributed by atoms with Gasteiger partial charge in [-0.25, -0.2) is 0 Å². The third-order valence-corrected chi connectivity index (χ3v) is 5.48. The van der Waals surface area contributed by atoms with Crippen LogP contribution in [0.4, 0.5) is 5.69 Å². The van der Waals surface area contributed by atoms with Crippen molar-refractivity contribution in [3.8, 4) is 0 Å². The van der Waals surface area contributed by atoms with Gasteiger partial charge in [-0.15, -0.1) is 0 Å². The van der Waals surface area contributed by atoms with Crippen molar-refractivity contribution in [1.82, 2.24) is 0 Å². The highest BCUT2D eigenvalue weighted by Gasteiger charge is 2.25. The van der Waals surface area contributed by atoms with E-state index >= 15 is 0 Å². The first-order chi connectivity index (χ1) is 13.4. The average Bonchev–Trinajstić information content (AvgIpc) is 2.70. The van der Waals surface area contributed by atoms with E-state index in [9.17, 15) is 0 Å². The van der Waals surface area contributed by atoms with E-state index in [2.05, 4.69) is 41.5 Å². The number of hydrogen-bond donors (Lipinski definition) is 2. The number of para-hydroxylation sites is 1. The Morgan fingerprint density at radius 1 is 0.857 bits per heavy atom. The molecule has 2 nitrogen and oxygen atoms in total. The summed E-state index contributed by atoms with van der Waals surface area (Å²) < 4.78 is 0. The Balaban J connectivity index is 0. The van der Waals surface area contributed by atoms with Crippen LogP contribution in [0, 0.1) is 16.7 Å². The molecule has 0 aliphatic rings. The summed E-state index contributed by atoms with van der Waals surface area (Å²) >= 11 is 0. The van der Waals surface area contributed by atoms with Gasteiger partial charge >= 0.3 is 0 Å². The standard InChI is InChI=1S/C13H28.C11H16N2.C2H6/c1-5-9-13(10-6-2,11-7-3)12-8-4;1-3-8(2)11(13)9-6-4-5-7-10(9)12;1-2/h5-12H2,1-4H3;4-8,13H,3,12H2,1-2H3;1-2H3. The lowest BCUT2D eigenvalue weighted by Gasteiger charge is -2.33. The van der Waals surface area contributed by atoms with Gasteiger partial charge in [0.2, 0.25) is 0 Å². The van der Waals surface area contributed by atoms with E-state index in [-0.39, 0.29) is 5.92 Å². The monoisotopic (exact) mass is 390 g/mol. The van der Waals surface area contributed by atoms with Crippen LogP contribution in [0.3, 0.4) is 0 Å². The van der Waals surface area contributed by atoms with Crippen molar-refractivity contribution in [2.75, 3.05) is 5.73 Å². The second-order valence-corrected chi connectivity index (χ2v) is 7.81. The molecule has 164 valence electrons. The van der Waals surface area contributed by atoms with E-state index < -0.39 is 0 Å². The molecule has 1 atom stereocenters. The van der Waals surface area contributed by atoms with E-state index in [4.69, 9.17) is 11.1 Å². The van der Waals surface area contributed by atoms with Gasteiger partial charge in [-0.1, -0.05) is 99.3 Å². The highest BCUT2D eigenvalue weighted by Crippen LogP contribution is 2.39. The third kappa shape index (κ3) is 10.9. The predicted molar refractivity (Wildman–Crippen MR) is 131 cm³/mol. The summed E-state index contributed by atoms with van der Waals surface area (Å²) in [5.41, 5.74) is 8.69. The molecule has 0 radical (unpaired) electrons. The van der Waals surface area contributed by atoms with Crippen LogP contribution in [0.5, 0.6) is 0 Å². The second-order valence-electron chi connectivity index (χ2n) is 7.81. The molecule has 0 spiro atoms. The van der Waals surface area contributed by atoms with E-state index in [1.165, 1.54) is 51.4 Å². The van der Waals surface area contributed by atoms with E-state index in [0.29, 0.717) is 16.8 Å². The molecule has 0 amide bonds. The van der Waals surface area contributed by atoms with E-state index in [1.807, 2.05) is 38.1 Å². The number of anilines is 1. The maximum absolute atomic E-state index is 7.90. The number of hydrogen-bond acceptors (Lipinski definition) is 2. The highest BCUT2D eigenvalue weighted by atomic mass is 14.6. The van der Waals surface area contributed by atoms with Crippen LogP contribution in [0.15, 0.2) is 24.3 Å². The van der Waals surface area contributed by atoms with Crippen LogP contribution >= 0.6 is 0 Å². The molecule has 0 aliphatic heterocycles. The molecular weight excluding hydrogens is 340 g/mol. The third-order valence-electron chi connectivity index (χ3n) is 5.48. The summed E-state index contributed by atoms with van der Waals surface area (Å²) in [6, 6.07) is 7.56. The van der Waals surface area contributed by atoms with Gasteiger partial charge in [0.05, 0.1) is 0 Å². The van der Waals surface area contributed by atoms with Crippen molar-refractivity contribution in [3.63, 3.8) is 0 Å². The van der Waals surface area contributed by atoms with Crippen LogP contribution < -0.4 is 5.73 Å². The zero-order valence-electron chi connectivity index (χ0n) is 20.3. The molecular formula is C26H50N2. The normalized spacial score (nSPS) is 11.6. The quantitative estimate of drug-likeness (QED) is 0.287. The van der Waals surface area contributed by atoms with Crippen molar-refractivity contribution < 1.29 is 0 Å². The molecule has 0 aromatic heterocycles. The number of nitrogen functional groups attached to an aromatic ring is 1. The van der Waals surface area contributed by atoms with Crippen LogP contribution in [-0.2, 0) is 0 Å². The fourth-order valence-electron chi connectivity index (χ4n) is 4.08. The fraction of sp³-hybridized carbons (Fsp3) is 0.731. The first kappa shape index (κ1) is 28.9. The molecule has 1 aromatic carbocycles. The number of nitrogens with two attached hydrogens (primary N) is 1. The lowest BCUT2D eigenvalue weighted by atomic mass is 9.72. The SMILES string of the molecule is CC.CCC(C)C(=N)c1ccccc1N.CCCC(CCC)(CCC)CCC. The molecule has 0 aliphatic carbocycles. The van der Waals surface area contributed by atoms with Gasteiger partial charge in [-0.3, -0.25) is 0 Å². The Hall–Kier alpha value is -1.31. The first-order valence-corrected chi connectivity index (χ1v) is 11.8. The second kappa shape index (κ2) is 17.8. The highest BCUT2D eigenvalue weighted by molar-refractivity contribution is 6.03. The van der Waals surface area contributed by atoms with Crippen molar-refractivity contribution in [1.29, 1.82) is 5.41 Å². The summed E-state index contributed by atoms with van der Waals surface area (Å²) in [6.45, 7) is 17.4. The van der Waals surface area contributed by atoms with Gasteiger partial charge in [0, 0.05) is 17.0 Å². The maximum atomic E-state index is 7.90. The van der Waals surface area contributed by atoms with Crippen molar-refractivity contribution in [2.45, 2.75) is 113 Å². The summed E-state index contributed by atoms with van der Waals surface area (Å²) in [6.07, 6.45) is 12.2. The zero-order chi connectivity index (χ0) is 22.0. The number of benzene rings is 1. The molecule has 0 saturated heterocycles. The minimum absolute atomic E-state index is 0.282. The average molecular weight is 391 g/mol. The van der Waals surface area contributed by atoms with Crippen LogP contribution in [0.2, 0.25) is 0 Å². The fourth-order valence-corrected chi connectivity index (χ4v) is 4.08. The van der Waals surface area contributed by atoms with E-state index in [0.717, 1.165) is 12.0 Å². The van der Waals surface area contributed by atoms with Crippen molar-refractivity contribution >= 4 is 11.4 Å².